The van der Waals surface area contributed by atoms with Gasteiger partial charge in [0.2, 0.25) is 0 Å². The molecule has 1 amide bonds. The zero-order chi connectivity index (χ0) is 17.9. The van der Waals surface area contributed by atoms with E-state index in [1.54, 1.807) is 6.20 Å². The van der Waals surface area contributed by atoms with Crippen LogP contribution in [0.3, 0.4) is 0 Å². The predicted molar refractivity (Wildman–Crippen MR) is 105 cm³/mol. The molecule has 1 fully saturated rings. The molecule has 1 aromatic carbocycles. The number of nitrogens with one attached hydrogen (secondary N) is 2. The molecule has 0 unspecified atom stereocenters. The van der Waals surface area contributed by atoms with Gasteiger partial charge in [0.25, 0.3) is 5.91 Å². The van der Waals surface area contributed by atoms with E-state index in [2.05, 4.69) is 27.1 Å². The number of carbonyl (C=O) groups excluding carboxylic acids is 1. The first-order valence-corrected chi connectivity index (χ1v) is 9.58. The highest BCUT2D eigenvalue weighted by molar-refractivity contribution is 6.07. The molecular weight excluding hydrogens is 324 g/mol. The van der Waals surface area contributed by atoms with Crippen LogP contribution >= 0.6 is 0 Å². The number of aromatic nitrogens is 2. The maximum Gasteiger partial charge on any atom is 0.267 e. The highest BCUT2D eigenvalue weighted by Gasteiger charge is 2.15. The second kappa shape index (κ2) is 7.46. The van der Waals surface area contributed by atoms with Gasteiger partial charge in [0.1, 0.15) is 5.69 Å². The van der Waals surface area contributed by atoms with Crippen LogP contribution in [0.4, 0.5) is 0 Å². The van der Waals surface area contributed by atoms with Crippen LogP contribution in [-0.2, 0) is 0 Å². The maximum absolute atomic E-state index is 12.5. The van der Waals surface area contributed by atoms with Gasteiger partial charge in [-0.2, -0.15) is 0 Å². The first-order valence-electron chi connectivity index (χ1n) is 9.58. The molecular formula is C21H26N4O. The van der Waals surface area contributed by atoms with Crippen molar-refractivity contribution in [2.24, 2.45) is 5.92 Å². The number of amides is 1. The molecule has 0 atom stereocenters. The van der Waals surface area contributed by atoms with Crippen molar-refractivity contribution in [2.75, 3.05) is 26.2 Å². The minimum absolute atomic E-state index is 0.0439. The number of pyridine rings is 1. The summed E-state index contributed by atoms with van der Waals surface area (Å²) in [5.74, 6) is 0.816. The van der Waals surface area contributed by atoms with Crippen LogP contribution in [0, 0.1) is 5.92 Å². The molecule has 0 saturated carbocycles. The monoisotopic (exact) mass is 350 g/mol. The molecule has 0 aliphatic carbocycles. The lowest BCUT2D eigenvalue weighted by atomic mass is 9.99. The molecule has 3 heterocycles. The molecule has 5 nitrogen and oxygen atoms in total. The van der Waals surface area contributed by atoms with Gasteiger partial charge in [0.15, 0.2) is 0 Å². The highest BCUT2D eigenvalue weighted by atomic mass is 16.1. The normalized spacial score (nSPS) is 16.3. The Hall–Kier alpha value is -2.40. The minimum atomic E-state index is -0.0439. The lowest BCUT2D eigenvalue weighted by Gasteiger charge is -2.30. The summed E-state index contributed by atoms with van der Waals surface area (Å²) >= 11 is 0. The Morgan fingerprint density at radius 1 is 1.27 bits per heavy atom. The standard InChI is InChI=1S/C21H26N4O/c1-15-7-12-25(13-8-15)11-3-10-23-21(26)18-14-17-6-5-16-4-2-9-22-19(16)20(17)24-18/h2,4-6,9,14-15,24H,3,7-8,10-13H2,1H3,(H,23,26). The number of hydrogen-bond acceptors (Lipinski definition) is 3. The fraction of sp³-hybridized carbons (Fsp3) is 0.429. The fourth-order valence-corrected chi connectivity index (χ4v) is 3.75. The predicted octanol–water partition coefficient (Wildman–Crippen LogP) is 3.57. The van der Waals surface area contributed by atoms with Gasteiger partial charge in [-0.05, 0) is 56.9 Å². The number of nitrogens with zero attached hydrogens (tertiary/aromatic N) is 2. The van der Waals surface area contributed by atoms with E-state index in [4.69, 9.17) is 0 Å². The van der Waals surface area contributed by atoms with Gasteiger partial charge in [-0.25, -0.2) is 0 Å². The van der Waals surface area contributed by atoms with E-state index in [9.17, 15) is 4.79 Å². The Kier molecular flexibility index (Phi) is 4.89. The summed E-state index contributed by atoms with van der Waals surface area (Å²) in [7, 11) is 0. The van der Waals surface area contributed by atoms with Crippen molar-refractivity contribution in [1.29, 1.82) is 0 Å². The van der Waals surface area contributed by atoms with Gasteiger partial charge in [0.05, 0.1) is 11.0 Å². The van der Waals surface area contributed by atoms with Crippen molar-refractivity contribution in [3.8, 4) is 0 Å². The van der Waals surface area contributed by atoms with E-state index in [1.807, 2.05) is 30.3 Å². The summed E-state index contributed by atoms with van der Waals surface area (Å²) in [6.45, 7) is 6.48. The summed E-state index contributed by atoms with van der Waals surface area (Å²) in [5, 5.41) is 5.13. The van der Waals surface area contributed by atoms with Gasteiger partial charge in [0, 0.05) is 23.5 Å². The minimum Gasteiger partial charge on any atom is -0.351 e. The van der Waals surface area contributed by atoms with Crippen molar-refractivity contribution >= 4 is 27.7 Å². The molecule has 1 aliphatic rings. The SMILES string of the molecule is CC1CCN(CCCNC(=O)c2cc3ccc4cccnc4c3[nH]2)CC1. The molecule has 136 valence electrons. The zero-order valence-electron chi connectivity index (χ0n) is 15.3. The van der Waals surface area contributed by atoms with Gasteiger partial charge < -0.3 is 15.2 Å². The van der Waals surface area contributed by atoms with Crippen LogP contribution in [0.15, 0.2) is 36.5 Å². The highest BCUT2D eigenvalue weighted by Crippen LogP contribution is 2.23. The van der Waals surface area contributed by atoms with E-state index in [0.717, 1.165) is 40.7 Å². The van der Waals surface area contributed by atoms with Crippen molar-refractivity contribution in [3.05, 3.63) is 42.2 Å². The van der Waals surface area contributed by atoms with Crippen LogP contribution in [0.1, 0.15) is 36.7 Å². The van der Waals surface area contributed by atoms with Crippen LogP contribution in [0.25, 0.3) is 21.8 Å². The summed E-state index contributed by atoms with van der Waals surface area (Å²) < 4.78 is 0. The number of hydrogen-bond donors (Lipinski definition) is 2. The van der Waals surface area contributed by atoms with Crippen molar-refractivity contribution < 1.29 is 4.79 Å². The Balaban J connectivity index is 1.35. The Labute approximate surface area is 153 Å². The Morgan fingerprint density at radius 3 is 2.92 bits per heavy atom. The number of piperidine rings is 1. The Bertz CT molecular complexity index is 909. The molecule has 0 spiro atoms. The van der Waals surface area contributed by atoms with E-state index in [0.29, 0.717) is 12.2 Å². The first kappa shape index (κ1) is 17.0. The molecule has 3 aromatic rings. The van der Waals surface area contributed by atoms with E-state index in [1.165, 1.54) is 25.9 Å². The van der Waals surface area contributed by atoms with Crippen LogP contribution < -0.4 is 5.32 Å². The third kappa shape index (κ3) is 3.58. The number of rotatable bonds is 5. The van der Waals surface area contributed by atoms with Gasteiger partial charge in [-0.3, -0.25) is 9.78 Å². The molecule has 0 radical (unpaired) electrons. The molecule has 5 heteroatoms. The number of aromatic amines is 1. The zero-order valence-corrected chi connectivity index (χ0v) is 15.3. The maximum atomic E-state index is 12.5. The van der Waals surface area contributed by atoms with Gasteiger partial charge in [-0.15, -0.1) is 0 Å². The molecule has 1 aliphatic heterocycles. The number of benzene rings is 1. The summed E-state index contributed by atoms with van der Waals surface area (Å²) in [6.07, 6.45) is 5.36. The third-order valence-corrected chi connectivity index (χ3v) is 5.42. The fourth-order valence-electron chi connectivity index (χ4n) is 3.75. The largest absolute Gasteiger partial charge is 0.351 e. The molecule has 2 N–H and O–H groups in total. The number of likely N-dealkylation sites (tertiary alicyclic amines) is 1. The topological polar surface area (TPSA) is 61.0 Å². The van der Waals surface area contributed by atoms with E-state index in [-0.39, 0.29) is 5.91 Å². The van der Waals surface area contributed by atoms with Gasteiger partial charge in [-0.1, -0.05) is 25.1 Å². The molecule has 26 heavy (non-hydrogen) atoms. The molecule has 2 aromatic heterocycles. The first-order chi connectivity index (χ1) is 12.7. The summed E-state index contributed by atoms with van der Waals surface area (Å²) in [6, 6.07) is 9.94. The van der Waals surface area contributed by atoms with E-state index < -0.39 is 0 Å². The number of fused-ring (bicyclic) bond motifs is 3. The quantitative estimate of drug-likeness (QED) is 0.692. The van der Waals surface area contributed by atoms with Gasteiger partial charge >= 0.3 is 0 Å². The second-order valence-corrected chi connectivity index (χ2v) is 7.42. The van der Waals surface area contributed by atoms with Crippen LogP contribution in [0.5, 0.6) is 0 Å². The third-order valence-electron chi connectivity index (χ3n) is 5.42. The number of carbonyl (C=O) groups is 1. The van der Waals surface area contributed by atoms with Crippen LogP contribution in [0.2, 0.25) is 0 Å². The van der Waals surface area contributed by atoms with Crippen molar-refractivity contribution in [1.82, 2.24) is 20.2 Å². The summed E-state index contributed by atoms with van der Waals surface area (Å²) in [4.78, 5) is 22.7. The lowest BCUT2D eigenvalue weighted by molar-refractivity contribution is 0.0946. The lowest BCUT2D eigenvalue weighted by Crippen LogP contribution is -2.35. The molecule has 0 bridgehead atoms. The van der Waals surface area contributed by atoms with Crippen molar-refractivity contribution in [2.45, 2.75) is 26.2 Å². The smallest absolute Gasteiger partial charge is 0.267 e. The number of H-pyrrole nitrogens is 1. The second-order valence-electron chi connectivity index (χ2n) is 7.42. The average Bonchev–Trinajstić information content (AvgIpc) is 3.11. The van der Waals surface area contributed by atoms with E-state index >= 15 is 0 Å². The Morgan fingerprint density at radius 2 is 2.08 bits per heavy atom. The molecule has 4 rings (SSSR count). The molecule has 1 saturated heterocycles. The van der Waals surface area contributed by atoms with Crippen LogP contribution in [-0.4, -0.2) is 47.0 Å². The average molecular weight is 350 g/mol. The van der Waals surface area contributed by atoms with Crippen molar-refractivity contribution in [3.63, 3.8) is 0 Å². The summed E-state index contributed by atoms with van der Waals surface area (Å²) in [5.41, 5.74) is 2.43.